The van der Waals surface area contributed by atoms with Crippen LogP contribution in [0, 0.1) is 36.0 Å². The molecule has 2 aliphatic rings. The number of carbonyl (C=O) groups excluding carboxylic acids is 4. The van der Waals surface area contributed by atoms with Crippen LogP contribution in [0.5, 0.6) is 0 Å². The Balaban J connectivity index is 1.14. The number of nitrogens with one attached hydrogen (secondary N) is 4. The Morgan fingerprint density at radius 3 is 1.55 bits per heavy atom. The number of carbonyl (C=O) groups is 4. The summed E-state index contributed by atoms with van der Waals surface area (Å²) in [6.45, 7) is 12.3. The lowest BCUT2D eigenvalue weighted by Gasteiger charge is -2.30. The van der Waals surface area contributed by atoms with Crippen molar-refractivity contribution < 1.29 is 28.7 Å². The van der Waals surface area contributed by atoms with Gasteiger partial charge in [-0.1, -0.05) is 82.3 Å². The average molecular weight is 789 g/mol. The van der Waals surface area contributed by atoms with Crippen LogP contribution in [-0.2, 0) is 19.1 Å². The number of aromatic nitrogens is 4. The molecule has 4 heterocycles. The molecule has 0 spiro atoms. The minimum atomic E-state index is -0.771. The van der Waals surface area contributed by atoms with Gasteiger partial charge < -0.3 is 39.9 Å². The van der Waals surface area contributed by atoms with Crippen LogP contribution in [0.25, 0.3) is 33.6 Å². The summed E-state index contributed by atoms with van der Waals surface area (Å²) in [5.41, 5.74) is 5.56. The van der Waals surface area contributed by atoms with E-state index in [4.69, 9.17) is 20.9 Å². The monoisotopic (exact) mass is 788 g/mol. The molecule has 0 unspecified atom stereocenters. The second-order valence-corrected chi connectivity index (χ2v) is 15.6. The fourth-order valence-electron chi connectivity index (χ4n) is 7.75. The third-order valence-corrected chi connectivity index (χ3v) is 11.1. The average Bonchev–Trinajstić information content (AvgIpc) is 4.07. The van der Waals surface area contributed by atoms with Gasteiger partial charge in [-0.15, -0.1) is 18.9 Å². The van der Waals surface area contributed by atoms with E-state index in [1.165, 1.54) is 14.2 Å². The number of amides is 4. The van der Waals surface area contributed by atoms with Gasteiger partial charge in [0.05, 0.1) is 50.1 Å². The highest BCUT2D eigenvalue weighted by molar-refractivity contribution is 5.87. The molecule has 2 aliphatic heterocycles. The Kier molecular flexibility index (Phi) is 12.7. The fraction of sp³-hybridized carbons (Fsp3) is 0.409. The number of ether oxygens (including phenoxy) is 2. The number of benzene rings is 2. The first-order chi connectivity index (χ1) is 27.8. The Morgan fingerprint density at radius 1 is 0.741 bits per heavy atom. The number of methoxy groups -OCH3 is 2. The van der Waals surface area contributed by atoms with E-state index in [2.05, 4.69) is 50.2 Å². The second-order valence-electron chi connectivity index (χ2n) is 15.6. The minimum Gasteiger partial charge on any atom is -0.453 e. The first kappa shape index (κ1) is 41.3. The van der Waals surface area contributed by atoms with E-state index in [0.717, 1.165) is 33.6 Å². The molecule has 304 valence electrons. The summed E-state index contributed by atoms with van der Waals surface area (Å²) in [7, 11) is 2.55. The van der Waals surface area contributed by atoms with E-state index in [1.807, 2.05) is 70.2 Å². The van der Waals surface area contributed by atoms with E-state index in [0.29, 0.717) is 37.6 Å². The Labute approximate surface area is 339 Å². The first-order valence-electron chi connectivity index (χ1n) is 19.5. The van der Waals surface area contributed by atoms with Crippen molar-refractivity contribution in [1.29, 1.82) is 0 Å². The number of likely N-dealkylation sites (tertiary alicyclic amines) is 2. The van der Waals surface area contributed by atoms with E-state index in [9.17, 15) is 19.2 Å². The van der Waals surface area contributed by atoms with Gasteiger partial charge in [-0.3, -0.25) is 9.59 Å². The molecular weight excluding hydrogens is 737 g/mol. The predicted octanol–water partition coefficient (Wildman–Crippen LogP) is 6.49. The molecule has 2 aromatic heterocycles. The summed E-state index contributed by atoms with van der Waals surface area (Å²) in [6.07, 6.45) is 11.1. The topological polar surface area (TPSA) is 175 Å². The van der Waals surface area contributed by atoms with E-state index in [-0.39, 0.29) is 47.6 Å². The summed E-state index contributed by atoms with van der Waals surface area (Å²) in [5.74, 6) is 3.31. The third-order valence-electron chi connectivity index (χ3n) is 11.1. The molecule has 14 nitrogen and oxygen atoms in total. The van der Waals surface area contributed by atoms with Crippen LogP contribution in [0.3, 0.4) is 0 Å². The van der Waals surface area contributed by atoms with Gasteiger partial charge in [0.2, 0.25) is 11.8 Å². The minimum absolute atomic E-state index is 0.0882. The Bertz CT molecular complexity index is 2150. The highest BCUT2D eigenvalue weighted by atomic mass is 16.5. The van der Waals surface area contributed by atoms with Crippen LogP contribution in [0.2, 0.25) is 0 Å². The molecule has 4 aromatic rings. The molecule has 0 radical (unpaired) electrons. The van der Waals surface area contributed by atoms with Crippen LogP contribution < -0.4 is 10.6 Å². The molecule has 14 heteroatoms. The standard InChI is InChI=1S/C44H52N8O6/c1-9-27-19-35(51(23-27)41(53)37(25(3)4)49-43(55)57-7)39-45-21-33(47-39)31-15-11-29(12-16-31)30-13-17-32(18-14-30)34-22-46-40(48-34)36-20-28(10-2)24-52(36)42(54)38(26(5)6)50-44(56)58-8/h1,10-18,21-22,25-28,35-38H,2,19-20,23-24H2,3-8H3,(H,45,47)(H,46,48)(H,49,55)(H,50,56)/t27-,28-,35+,36+,37+,38+/m1/s1. The lowest BCUT2D eigenvalue weighted by molar-refractivity contribution is -0.136. The molecule has 2 fully saturated rings. The maximum Gasteiger partial charge on any atom is 0.407 e. The summed E-state index contributed by atoms with van der Waals surface area (Å²) in [6, 6.07) is 14.1. The van der Waals surface area contributed by atoms with Gasteiger partial charge in [-0.05, 0) is 52.8 Å². The van der Waals surface area contributed by atoms with Gasteiger partial charge in [0.1, 0.15) is 23.7 Å². The van der Waals surface area contributed by atoms with Gasteiger partial charge in [-0.2, -0.15) is 0 Å². The van der Waals surface area contributed by atoms with Gasteiger partial charge in [0.25, 0.3) is 0 Å². The maximum atomic E-state index is 13.8. The largest absolute Gasteiger partial charge is 0.453 e. The number of H-pyrrole nitrogens is 2. The van der Waals surface area contributed by atoms with Crippen LogP contribution in [0.4, 0.5) is 9.59 Å². The number of hydrogen-bond acceptors (Lipinski definition) is 8. The zero-order valence-electron chi connectivity index (χ0n) is 33.8. The van der Waals surface area contributed by atoms with E-state index in [1.54, 1.807) is 22.2 Å². The van der Waals surface area contributed by atoms with E-state index < -0.39 is 24.3 Å². The smallest absolute Gasteiger partial charge is 0.407 e. The predicted molar refractivity (Wildman–Crippen MR) is 220 cm³/mol. The van der Waals surface area contributed by atoms with Crippen LogP contribution in [0.1, 0.15) is 64.3 Å². The van der Waals surface area contributed by atoms with Crippen molar-refractivity contribution in [2.45, 2.75) is 64.7 Å². The summed E-state index contributed by atoms with van der Waals surface area (Å²) >= 11 is 0. The van der Waals surface area contributed by atoms with Gasteiger partial charge in [-0.25, -0.2) is 19.6 Å². The third kappa shape index (κ3) is 8.78. The highest BCUT2D eigenvalue weighted by Gasteiger charge is 2.42. The number of aromatic amines is 2. The number of terminal acetylenes is 1. The summed E-state index contributed by atoms with van der Waals surface area (Å²) < 4.78 is 9.54. The molecule has 58 heavy (non-hydrogen) atoms. The Morgan fingerprint density at radius 2 is 1.16 bits per heavy atom. The summed E-state index contributed by atoms with van der Waals surface area (Å²) in [5, 5.41) is 5.37. The Hall–Kier alpha value is -6.36. The normalized spacial score (nSPS) is 20.1. The maximum absolute atomic E-state index is 13.8. The van der Waals surface area contributed by atoms with Crippen molar-refractivity contribution in [3.05, 3.63) is 85.2 Å². The molecule has 0 bridgehead atoms. The zero-order chi connectivity index (χ0) is 41.7. The number of nitrogens with zero attached hydrogens (tertiary/aromatic N) is 4. The molecule has 6 atom stereocenters. The molecule has 0 saturated carbocycles. The number of imidazole rings is 2. The molecular formula is C44H52N8O6. The lowest BCUT2D eigenvalue weighted by atomic mass is 10.0. The zero-order valence-corrected chi connectivity index (χ0v) is 33.8. The van der Waals surface area contributed by atoms with Crippen molar-refractivity contribution in [1.82, 2.24) is 40.4 Å². The number of alkyl carbamates (subject to hydrolysis) is 2. The fourth-order valence-corrected chi connectivity index (χ4v) is 7.75. The number of rotatable bonds is 12. The number of hydrogen-bond donors (Lipinski definition) is 4. The SMILES string of the molecule is C#C[C@@H]1C[C@@H](c2ncc(-c3ccc(-c4ccc(-c5cnc([C@@H]6C[C@@H](C=C)CN6C(=O)[C@@H](NC(=O)OC)C(C)C)[nH]5)cc4)cc3)[nH]2)N(C(=O)[C@@H](NC(=O)OC)C(C)C)C1. The quantitative estimate of drug-likeness (QED) is 0.0931. The van der Waals surface area contributed by atoms with Crippen molar-refractivity contribution in [2.24, 2.45) is 23.7 Å². The van der Waals surface area contributed by atoms with Crippen molar-refractivity contribution >= 4 is 24.0 Å². The van der Waals surface area contributed by atoms with Crippen LogP contribution >= 0.6 is 0 Å². The lowest BCUT2D eigenvalue weighted by Crippen LogP contribution is -2.51. The van der Waals surface area contributed by atoms with Crippen molar-refractivity contribution in [2.75, 3.05) is 27.3 Å². The van der Waals surface area contributed by atoms with Crippen molar-refractivity contribution in [3.8, 4) is 46.0 Å². The molecule has 2 saturated heterocycles. The van der Waals surface area contributed by atoms with Crippen LogP contribution in [-0.4, -0.2) is 93.1 Å². The van der Waals surface area contributed by atoms with Crippen LogP contribution in [0.15, 0.2) is 73.6 Å². The molecule has 0 aliphatic carbocycles. The van der Waals surface area contributed by atoms with Gasteiger partial charge in [0, 0.05) is 19.0 Å². The highest BCUT2D eigenvalue weighted by Crippen LogP contribution is 2.38. The summed E-state index contributed by atoms with van der Waals surface area (Å²) in [4.78, 5) is 71.3. The first-order valence-corrected chi connectivity index (χ1v) is 19.5. The molecule has 6 rings (SSSR count). The van der Waals surface area contributed by atoms with Gasteiger partial charge >= 0.3 is 12.2 Å². The van der Waals surface area contributed by atoms with Crippen molar-refractivity contribution in [3.63, 3.8) is 0 Å². The second kappa shape index (κ2) is 17.8. The molecule has 2 aromatic carbocycles. The molecule has 4 N–H and O–H groups in total. The van der Waals surface area contributed by atoms with E-state index >= 15 is 0 Å². The molecule has 4 amide bonds. The van der Waals surface area contributed by atoms with Gasteiger partial charge in [0.15, 0.2) is 0 Å².